The number of aromatic nitrogens is 1. The van der Waals surface area contributed by atoms with Gasteiger partial charge in [-0.15, -0.1) is 11.3 Å². The second-order valence-corrected chi connectivity index (χ2v) is 6.18. The third-order valence-corrected chi connectivity index (χ3v) is 4.10. The molecular formula is C14H8BrClN2O2S. The number of halogens is 2. The summed E-state index contributed by atoms with van der Waals surface area (Å²) in [4.78, 5) is 16.3. The van der Waals surface area contributed by atoms with Crippen molar-refractivity contribution in [1.29, 1.82) is 0 Å². The van der Waals surface area contributed by atoms with Gasteiger partial charge in [0.2, 0.25) is 0 Å². The van der Waals surface area contributed by atoms with Crippen LogP contribution < -0.4 is 5.32 Å². The summed E-state index contributed by atoms with van der Waals surface area (Å²) < 4.78 is 5.70. The van der Waals surface area contributed by atoms with Gasteiger partial charge in [-0.25, -0.2) is 4.98 Å². The first-order valence-electron chi connectivity index (χ1n) is 5.90. The van der Waals surface area contributed by atoms with Gasteiger partial charge in [0.1, 0.15) is 0 Å². The first-order valence-corrected chi connectivity index (χ1v) is 7.95. The number of rotatable bonds is 3. The third-order valence-electron chi connectivity index (χ3n) is 2.66. The normalized spacial score (nSPS) is 10.6. The molecule has 0 spiro atoms. The number of carbonyl (C=O) groups excluding carboxylic acids is 1. The molecule has 0 atom stereocenters. The van der Waals surface area contributed by atoms with Crippen LogP contribution in [0.5, 0.6) is 0 Å². The molecule has 1 amide bonds. The molecule has 0 saturated heterocycles. The first-order chi connectivity index (χ1) is 10.1. The van der Waals surface area contributed by atoms with Gasteiger partial charge in [0.05, 0.1) is 5.69 Å². The summed E-state index contributed by atoms with van der Waals surface area (Å²) in [7, 11) is 0. The molecule has 7 heteroatoms. The van der Waals surface area contributed by atoms with E-state index >= 15 is 0 Å². The predicted molar refractivity (Wildman–Crippen MR) is 86.9 cm³/mol. The van der Waals surface area contributed by atoms with E-state index in [-0.39, 0.29) is 11.7 Å². The number of thiazole rings is 1. The van der Waals surface area contributed by atoms with E-state index in [9.17, 15) is 4.79 Å². The lowest BCUT2D eigenvalue weighted by Gasteiger charge is -1.98. The molecule has 0 saturated carbocycles. The minimum Gasteiger partial charge on any atom is -0.444 e. The highest BCUT2D eigenvalue weighted by atomic mass is 79.9. The zero-order valence-corrected chi connectivity index (χ0v) is 13.6. The number of hydrogen-bond donors (Lipinski definition) is 1. The Hall–Kier alpha value is -1.63. The Morgan fingerprint density at radius 2 is 2.00 bits per heavy atom. The molecule has 21 heavy (non-hydrogen) atoms. The van der Waals surface area contributed by atoms with E-state index in [1.807, 2.05) is 17.5 Å². The van der Waals surface area contributed by atoms with E-state index in [2.05, 4.69) is 26.2 Å². The zero-order valence-electron chi connectivity index (χ0n) is 10.5. The molecule has 0 unspecified atom stereocenters. The number of nitrogens with one attached hydrogen (secondary N) is 1. The number of amides is 1. The molecule has 0 aliphatic carbocycles. The number of benzene rings is 1. The van der Waals surface area contributed by atoms with Gasteiger partial charge in [-0.1, -0.05) is 23.7 Å². The van der Waals surface area contributed by atoms with Crippen LogP contribution in [0.3, 0.4) is 0 Å². The number of carbonyl (C=O) groups is 1. The molecule has 2 heterocycles. The number of hydrogen-bond acceptors (Lipinski definition) is 4. The van der Waals surface area contributed by atoms with Gasteiger partial charge in [-0.05, 0) is 40.2 Å². The van der Waals surface area contributed by atoms with Crippen LogP contribution in [-0.2, 0) is 0 Å². The van der Waals surface area contributed by atoms with Crippen molar-refractivity contribution in [1.82, 2.24) is 4.98 Å². The predicted octanol–water partition coefficient (Wildman–Crippen LogP) is 5.07. The number of nitrogens with zero attached hydrogens (tertiary/aromatic N) is 1. The van der Waals surface area contributed by atoms with Gasteiger partial charge in [0.25, 0.3) is 5.91 Å². The molecule has 0 bridgehead atoms. The first kappa shape index (κ1) is 14.3. The van der Waals surface area contributed by atoms with Gasteiger partial charge in [0.15, 0.2) is 15.6 Å². The molecule has 3 aromatic rings. The van der Waals surface area contributed by atoms with Gasteiger partial charge in [0, 0.05) is 16.0 Å². The fraction of sp³-hybridized carbons (Fsp3) is 0. The fourth-order valence-corrected chi connectivity index (χ4v) is 2.83. The Morgan fingerprint density at radius 3 is 2.67 bits per heavy atom. The molecule has 0 radical (unpaired) electrons. The van der Waals surface area contributed by atoms with Crippen LogP contribution in [0.4, 0.5) is 5.13 Å². The fourth-order valence-electron chi connectivity index (χ4n) is 1.68. The highest BCUT2D eigenvalue weighted by Crippen LogP contribution is 2.26. The molecule has 0 aliphatic rings. The van der Waals surface area contributed by atoms with Gasteiger partial charge in [-0.3, -0.25) is 10.1 Å². The van der Waals surface area contributed by atoms with E-state index in [1.165, 1.54) is 11.3 Å². The summed E-state index contributed by atoms with van der Waals surface area (Å²) >= 11 is 10.4. The molecule has 4 nitrogen and oxygen atoms in total. The second-order valence-electron chi connectivity index (χ2n) is 4.10. The molecule has 1 N–H and O–H groups in total. The topological polar surface area (TPSA) is 55.1 Å². The lowest BCUT2D eigenvalue weighted by Crippen LogP contribution is -2.10. The third kappa shape index (κ3) is 3.34. The van der Waals surface area contributed by atoms with Crippen molar-refractivity contribution in [2.24, 2.45) is 0 Å². The van der Waals surface area contributed by atoms with Crippen LogP contribution in [0.2, 0.25) is 5.02 Å². The van der Waals surface area contributed by atoms with Crippen LogP contribution in [0, 0.1) is 0 Å². The van der Waals surface area contributed by atoms with Crippen molar-refractivity contribution in [2.45, 2.75) is 0 Å². The minimum absolute atomic E-state index is 0.227. The quantitative estimate of drug-likeness (QED) is 0.687. The van der Waals surface area contributed by atoms with Gasteiger partial charge in [-0.2, -0.15) is 0 Å². The average molecular weight is 384 g/mol. The SMILES string of the molecule is O=C(Nc1nc(-c2ccc(Cl)cc2)cs1)c1ccc(Br)o1. The van der Waals surface area contributed by atoms with Crippen molar-refractivity contribution in [3.8, 4) is 11.3 Å². The van der Waals surface area contributed by atoms with Crippen molar-refractivity contribution in [3.05, 3.63) is 57.2 Å². The summed E-state index contributed by atoms with van der Waals surface area (Å²) in [6, 6.07) is 10.6. The van der Waals surface area contributed by atoms with Crippen LogP contribution in [0.15, 0.2) is 50.9 Å². The molecule has 2 aromatic heterocycles. The van der Waals surface area contributed by atoms with Crippen molar-refractivity contribution >= 4 is 49.9 Å². The maximum absolute atomic E-state index is 11.9. The van der Waals surface area contributed by atoms with E-state index in [4.69, 9.17) is 16.0 Å². The number of furan rings is 1. The van der Waals surface area contributed by atoms with Gasteiger partial charge >= 0.3 is 0 Å². The maximum Gasteiger partial charge on any atom is 0.293 e. The van der Waals surface area contributed by atoms with Crippen LogP contribution in [0.25, 0.3) is 11.3 Å². The standard InChI is InChI=1S/C14H8BrClN2O2S/c15-12-6-5-11(20-12)13(19)18-14-17-10(7-21-14)8-1-3-9(16)4-2-8/h1-7H,(H,17,18,19). The Balaban J connectivity index is 1.76. The summed E-state index contributed by atoms with van der Waals surface area (Å²) in [5, 5.41) is 5.76. The van der Waals surface area contributed by atoms with E-state index in [1.54, 1.807) is 24.3 Å². The number of anilines is 1. The molecule has 3 rings (SSSR count). The summed E-state index contributed by atoms with van der Waals surface area (Å²) in [6.45, 7) is 0. The average Bonchev–Trinajstić information content (AvgIpc) is 3.09. The van der Waals surface area contributed by atoms with Crippen LogP contribution >= 0.6 is 38.9 Å². The van der Waals surface area contributed by atoms with E-state index in [0.717, 1.165) is 11.3 Å². The Labute approximate surface area is 137 Å². The monoisotopic (exact) mass is 382 g/mol. The smallest absolute Gasteiger partial charge is 0.293 e. The highest BCUT2D eigenvalue weighted by Gasteiger charge is 2.13. The highest BCUT2D eigenvalue weighted by molar-refractivity contribution is 9.10. The molecule has 1 aromatic carbocycles. The summed E-state index contributed by atoms with van der Waals surface area (Å²) in [6.07, 6.45) is 0. The lowest BCUT2D eigenvalue weighted by molar-refractivity contribution is 0.0995. The maximum atomic E-state index is 11.9. The van der Waals surface area contributed by atoms with E-state index in [0.29, 0.717) is 14.8 Å². The largest absolute Gasteiger partial charge is 0.444 e. The van der Waals surface area contributed by atoms with Crippen LogP contribution in [0.1, 0.15) is 10.6 Å². The van der Waals surface area contributed by atoms with Crippen molar-refractivity contribution in [2.75, 3.05) is 5.32 Å². The minimum atomic E-state index is -0.335. The Kier molecular flexibility index (Phi) is 4.10. The molecular weight excluding hydrogens is 376 g/mol. The zero-order chi connectivity index (χ0) is 14.8. The molecule has 0 fully saturated rings. The second kappa shape index (κ2) is 6.01. The van der Waals surface area contributed by atoms with Crippen molar-refractivity contribution in [3.63, 3.8) is 0 Å². The van der Waals surface area contributed by atoms with Gasteiger partial charge < -0.3 is 4.42 Å². The van der Waals surface area contributed by atoms with Crippen LogP contribution in [-0.4, -0.2) is 10.9 Å². The Morgan fingerprint density at radius 1 is 1.24 bits per heavy atom. The summed E-state index contributed by atoms with van der Waals surface area (Å²) in [5.41, 5.74) is 1.73. The summed E-state index contributed by atoms with van der Waals surface area (Å²) in [5.74, 6) is -0.108. The lowest BCUT2D eigenvalue weighted by atomic mass is 10.2. The molecule has 106 valence electrons. The van der Waals surface area contributed by atoms with Crippen molar-refractivity contribution < 1.29 is 9.21 Å². The Bertz CT molecular complexity index is 782. The van der Waals surface area contributed by atoms with E-state index < -0.39 is 0 Å². The molecule has 0 aliphatic heterocycles.